The lowest BCUT2D eigenvalue weighted by Crippen LogP contribution is -2.02. The smallest absolute Gasteiger partial charge is 0.330 e. The Morgan fingerprint density at radius 2 is 1.91 bits per heavy atom. The molecule has 0 aromatic heterocycles. The minimum absolute atomic E-state index is 0.286. The Morgan fingerprint density at radius 1 is 1.17 bits per heavy atom. The van der Waals surface area contributed by atoms with Gasteiger partial charge in [-0.1, -0.05) is 68.6 Å². The summed E-state index contributed by atoms with van der Waals surface area (Å²) >= 11 is 6.32. The molecule has 0 N–H and O–H groups in total. The van der Waals surface area contributed by atoms with E-state index in [4.69, 9.17) is 16.3 Å². The molecule has 1 aromatic carbocycles. The Morgan fingerprint density at radius 3 is 2.57 bits per heavy atom. The molecule has 1 rings (SSSR count). The first kappa shape index (κ1) is 19.5. The highest BCUT2D eigenvalue weighted by Gasteiger charge is 2.06. The van der Waals surface area contributed by atoms with Crippen LogP contribution in [0.4, 0.5) is 0 Å². The number of halogens is 1. The Kier molecular flexibility index (Phi) is 9.39. The highest BCUT2D eigenvalue weighted by atomic mass is 35.5. The van der Waals surface area contributed by atoms with Gasteiger partial charge in [0.05, 0.1) is 6.61 Å². The molecule has 0 aliphatic heterocycles. The Labute approximate surface area is 145 Å². The van der Waals surface area contributed by atoms with Crippen LogP contribution < -0.4 is 0 Å². The van der Waals surface area contributed by atoms with Crippen molar-refractivity contribution >= 4 is 23.6 Å². The third kappa shape index (κ3) is 7.04. The van der Waals surface area contributed by atoms with Crippen molar-refractivity contribution in [1.82, 2.24) is 0 Å². The normalized spacial score (nSPS) is 12.3. The maximum atomic E-state index is 11.7. The number of hydrogen-bond donors (Lipinski definition) is 0. The SMILES string of the molecule is CCCCOC(=O)/C=C/c1ccccc1C/C(CC)=C(/Cl)CC. The second-order valence-corrected chi connectivity index (χ2v) is 5.90. The molecule has 0 saturated heterocycles. The van der Waals surface area contributed by atoms with Crippen LogP contribution in [0.25, 0.3) is 6.08 Å². The Hall–Kier alpha value is -1.54. The van der Waals surface area contributed by atoms with Crippen LogP contribution in [0.2, 0.25) is 0 Å². The van der Waals surface area contributed by atoms with Gasteiger partial charge in [-0.25, -0.2) is 4.79 Å². The molecule has 1 aromatic rings. The summed E-state index contributed by atoms with van der Waals surface area (Å²) in [5.41, 5.74) is 3.46. The lowest BCUT2D eigenvalue weighted by molar-refractivity contribution is -0.137. The number of unbranched alkanes of at least 4 members (excludes halogenated alkanes) is 1. The second-order valence-electron chi connectivity index (χ2n) is 5.45. The van der Waals surface area contributed by atoms with Crippen molar-refractivity contribution in [3.8, 4) is 0 Å². The van der Waals surface area contributed by atoms with Crippen LogP contribution in [0.5, 0.6) is 0 Å². The number of carbonyl (C=O) groups is 1. The van der Waals surface area contributed by atoms with Crippen molar-refractivity contribution in [3.05, 3.63) is 52.1 Å². The maximum absolute atomic E-state index is 11.7. The summed E-state index contributed by atoms with van der Waals surface area (Å²) in [6.07, 6.45) is 7.85. The van der Waals surface area contributed by atoms with E-state index in [0.717, 1.165) is 42.7 Å². The minimum Gasteiger partial charge on any atom is -0.463 e. The predicted octanol–water partition coefficient (Wildman–Crippen LogP) is 5.90. The van der Waals surface area contributed by atoms with Gasteiger partial charge in [0.1, 0.15) is 0 Å². The van der Waals surface area contributed by atoms with E-state index in [9.17, 15) is 4.79 Å². The summed E-state index contributed by atoms with van der Waals surface area (Å²) < 4.78 is 5.15. The van der Waals surface area contributed by atoms with Gasteiger partial charge in [0.15, 0.2) is 0 Å². The summed E-state index contributed by atoms with van der Waals surface area (Å²) in [5, 5.41) is 0.935. The first-order valence-corrected chi connectivity index (χ1v) is 8.79. The third-order valence-electron chi connectivity index (χ3n) is 3.72. The lowest BCUT2D eigenvalue weighted by atomic mass is 9.97. The zero-order chi connectivity index (χ0) is 17.1. The van der Waals surface area contributed by atoms with E-state index in [2.05, 4.69) is 26.8 Å². The maximum Gasteiger partial charge on any atom is 0.330 e. The summed E-state index contributed by atoms with van der Waals surface area (Å²) in [7, 11) is 0. The summed E-state index contributed by atoms with van der Waals surface area (Å²) in [6.45, 7) is 6.74. The fraction of sp³-hybridized carbons (Fsp3) is 0.450. The van der Waals surface area contributed by atoms with Crippen LogP contribution in [0, 0.1) is 0 Å². The molecule has 0 heterocycles. The molecule has 0 fully saturated rings. The number of benzene rings is 1. The molecule has 23 heavy (non-hydrogen) atoms. The fourth-order valence-electron chi connectivity index (χ4n) is 2.27. The molecule has 0 atom stereocenters. The average Bonchev–Trinajstić information content (AvgIpc) is 2.58. The van der Waals surface area contributed by atoms with Gasteiger partial charge >= 0.3 is 5.97 Å². The topological polar surface area (TPSA) is 26.3 Å². The third-order valence-corrected chi connectivity index (χ3v) is 4.26. The quantitative estimate of drug-likeness (QED) is 0.319. The van der Waals surface area contributed by atoms with Crippen molar-refractivity contribution in [2.24, 2.45) is 0 Å². The first-order chi connectivity index (χ1) is 11.1. The van der Waals surface area contributed by atoms with Crippen molar-refractivity contribution in [2.45, 2.75) is 52.9 Å². The number of carbonyl (C=O) groups excluding carboxylic acids is 1. The highest BCUT2D eigenvalue weighted by molar-refractivity contribution is 6.29. The zero-order valence-electron chi connectivity index (χ0n) is 14.4. The molecule has 0 spiro atoms. The molecule has 3 heteroatoms. The van der Waals surface area contributed by atoms with Crippen molar-refractivity contribution in [2.75, 3.05) is 6.61 Å². The molecule has 0 radical (unpaired) electrons. The summed E-state index contributed by atoms with van der Waals surface area (Å²) in [5.74, 6) is -0.286. The molecule has 0 aliphatic carbocycles. The Bertz CT molecular complexity index is 559. The van der Waals surface area contributed by atoms with Gasteiger partial charge in [-0.05, 0) is 42.9 Å². The first-order valence-electron chi connectivity index (χ1n) is 8.41. The average molecular weight is 335 g/mol. The lowest BCUT2D eigenvalue weighted by Gasteiger charge is -2.10. The van der Waals surface area contributed by atoms with Gasteiger partial charge in [-0.15, -0.1) is 0 Å². The monoisotopic (exact) mass is 334 g/mol. The number of allylic oxidation sites excluding steroid dienone is 2. The van der Waals surface area contributed by atoms with Gasteiger partial charge in [-0.3, -0.25) is 0 Å². The van der Waals surface area contributed by atoms with Gasteiger partial charge in [0.25, 0.3) is 0 Å². The van der Waals surface area contributed by atoms with Crippen LogP contribution in [0.15, 0.2) is 40.9 Å². The van der Waals surface area contributed by atoms with Crippen LogP contribution in [-0.2, 0) is 16.0 Å². The van der Waals surface area contributed by atoms with E-state index in [1.165, 1.54) is 17.2 Å². The number of hydrogen-bond acceptors (Lipinski definition) is 2. The van der Waals surface area contributed by atoms with E-state index in [0.29, 0.717) is 6.61 Å². The molecular weight excluding hydrogens is 308 g/mol. The molecule has 0 saturated carbocycles. The molecule has 0 aliphatic rings. The summed E-state index contributed by atoms with van der Waals surface area (Å²) in [4.78, 5) is 11.7. The van der Waals surface area contributed by atoms with Crippen LogP contribution in [0.3, 0.4) is 0 Å². The molecule has 126 valence electrons. The molecule has 0 bridgehead atoms. The van der Waals surface area contributed by atoms with Crippen LogP contribution in [-0.4, -0.2) is 12.6 Å². The standard InChI is InChI=1S/C20H27ClO2/c1-4-7-14-23-20(22)13-12-17-10-8-9-11-18(17)15-16(5-2)19(21)6-3/h8-13H,4-7,14-15H2,1-3H3/b13-12+,19-16+. The number of esters is 1. The molecule has 0 unspecified atom stereocenters. The van der Waals surface area contributed by atoms with Crippen LogP contribution >= 0.6 is 11.6 Å². The Balaban J connectivity index is 2.83. The second kappa shape index (κ2) is 11.1. The van der Waals surface area contributed by atoms with E-state index in [1.807, 2.05) is 24.3 Å². The highest BCUT2D eigenvalue weighted by Crippen LogP contribution is 2.23. The zero-order valence-corrected chi connectivity index (χ0v) is 15.2. The molecule has 2 nitrogen and oxygen atoms in total. The van der Waals surface area contributed by atoms with E-state index in [-0.39, 0.29) is 5.97 Å². The minimum atomic E-state index is -0.286. The predicted molar refractivity (Wildman–Crippen MR) is 98.5 cm³/mol. The largest absolute Gasteiger partial charge is 0.463 e. The number of ether oxygens (including phenoxy) is 1. The number of rotatable bonds is 9. The summed E-state index contributed by atoms with van der Waals surface area (Å²) in [6, 6.07) is 8.08. The molecular formula is C20H27ClO2. The van der Waals surface area contributed by atoms with Gasteiger partial charge in [0, 0.05) is 11.1 Å². The van der Waals surface area contributed by atoms with E-state index in [1.54, 1.807) is 0 Å². The molecule has 0 amide bonds. The van der Waals surface area contributed by atoms with Crippen molar-refractivity contribution < 1.29 is 9.53 Å². The van der Waals surface area contributed by atoms with Gasteiger partial charge in [-0.2, -0.15) is 0 Å². The van der Waals surface area contributed by atoms with Gasteiger partial charge in [0.2, 0.25) is 0 Å². The van der Waals surface area contributed by atoms with Crippen LogP contribution in [0.1, 0.15) is 57.6 Å². The van der Waals surface area contributed by atoms with Crippen molar-refractivity contribution in [1.29, 1.82) is 0 Å². The fourth-order valence-corrected chi connectivity index (χ4v) is 2.47. The van der Waals surface area contributed by atoms with E-state index < -0.39 is 0 Å². The van der Waals surface area contributed by atoms with Crippen molar-refractivity contribution in [3.63, 3.8) is 0 Å². The van der Waals surface area contributed by atoms with E-state index >= 15 is 0 Å². The van der Waals surface area contributed by atoms with Gasteiger partial charge < -0.3 is 4.74 Å².